The number of carbonyl (C=O) groups excluding carboxylic acids is 3. The summed E-state index contributed by atoms with van der Waals surface area (Å²) in [5.74, 6) is -0.695. The first kappa shape index (κ1) is 9.64. The van der Waals surface area contributed by atoms with Crippen LogP contribution >= 0.6 is 0 Å². The number of nitrogens with zero attached hydrogens (tertiary/aromatic N) is 1. The largest absolute Gasteiger partial charge is 0.303 e. The zero-order chi connectivity index (χ0) is 10.1. The van der Waals surface area contributed by atoms with Crippen LogP contribution < -0.4 is 0 Å². The molecule has 0 atom stereocenters. The molecule has 0 N–H and O–H groups in total. The van der Waals surface area contributed by atoms with Gasteiger partial charge in [-0.2, -0.15) is 0 Å². The third kappa shape index (κ3) is 2.02. The zero-order valence-corrected chi connectivity index (χ0v) is 7.61. The second kappa shape index (κ2) is 3.12. The maximum absolute atomic E-state index is 11.1. The van der Waals surface area contributed by atoms with Gasteiger partial charge in [-0.05, 0) is 0 Å². The Morgan fingerprint density at radius 1 is 1.31 bits per heavy atom. The van der Waals surface area contributed by atoms with E-state index in [9.17, 15) is 14.4 Å². The summed E-state index contributed by atoms with van der Waals surface area (Å²) < 4.78 is 0. The van der Waals surface area contributed by atoms with Crippen LogP contribution in [-0.4, -0.2) is 29.5 Å². The Morgan fingerprint density at radius 2 is 1.77 bits per heavy atom. The van der Waals surface area contributed by atoms with Crippen molar-refractivity contribution in [2.24, 2.45) is 5.41 Å². The van der Waals surface area contributed by atoms with Crippen molar-refractivity contribution in [1.29, 1.82) is 0 Å². The summed E-state index contributed by atoms with van der Waals surface area (Å²) in [6.45, 7) is 3.50. The Kier molecular flexibility index (Phi) is 2.32. The molecule has 0 aromatic heterocycles. The van der Waals surface area contributed by atoms with Gasteiger partial charge in [-0.15, -0.1) is 0 Å². The molecule has 0 fully saturated rings. The van der Waals surface area contributed by atoms with Gasteiger partial charge in [0.2, 0.25) is 0 Å². The fourth-order valence-corrected chi connectivity index (χ4v) is 1.03. The van der Waals surface area contributed by atoms with Crippen LogP contribution in [0.2, 0.25) is 0 Å². The normalized spacial score (nSPS) is 16.9. The summed E-state index contributed by atoms with van der Waals surface area (Å²) >= 11 is 0. The van der Waals surface area contributed by atoms with Crippen LogP contribution in [0, 0.1) is 5.41 Å². The van der Waals surface area contributed by atoms with E-state index in [4.69, 9.17) is 0 Å². The lowest BCUT2D eigenvalue weighted by Gasteiger charge is -2.23. The van der Waals surface area contributed by atoms with Crippen molar-refractivity contribution in [3.05, 3.63) is 12.2 Å². The summed E-state index contributed by atoms with van der Waals surface area (Å²) in [4.78, 5) is 33.8. The molecule has 0 saturated heterocycles. The lowest BCUT2D eigenvalue weighted by molar-refractivity contribution is -0.138. The predicted octanol–water partition coefficient (Wildman–Crippen LogP) is 0.137. The SMILES string of the molecule is CC(C)(C=O)CN1C(=O)C=CC1=O. The van der Waals surface area contributed by atoms with E-state index in [1.807, 2.05) is 0 Å². The highest BCUT2D eigenvalue weighted by Crippen LogP contribution is 2.16. The lowest BCUT2D eigenvalue weighted by Crippen LogP contribution is -2.39. The number of hydrogen-bond donors (Lipinski definition) is 0. The highest BCUT2D eigenvalue weighted by Gasteiger charge is 2.29. The topological polar surface area (TPSA) is 54.5 Å². The van der Waals surface area contributed by atoms with Gasteiger partial charge in [0, 0.05) is 24.1 Å². The molecule has 0 unspecified atom stereocenters. The second-order valence-corrected chi connectivity index (χ2v) is 3.70. The second-order valence-electron chi connectivity index (χ2n) is 3.70. The van der Waals surface area contributed by atoms with Crippen LogP contribution in [0.15, 0.2) is 12.2 Å². The first-order chi connectivity index (χ1) is 5.96. The fourth-order valence-electron chi connectivity index (χ4n) is 1.03. The van der Waals surface area contributed by atoms with E-state index in [1.165, 1.54) is 12.2 Å². The summed E-state index contributed by atoms with van der Waals surface area (Å²) in [5.41, 5.74) is -0.669. The van der Waals surface area contributed by atoms with E-state index in [0.29, 0.717) is 0 Å². The molecule has 0 aliphatic carbocycles. The quantitative estimate of drug-likeness (QED) is 0.459. The molecule has 0 aromatic rings. The zero-order valence-electron chi connectivity index (χ0n) is 7.61. The van der Waals surface area contributed by atoms with Crippen LogP contribution in [0.5, 0.6) is 0 Å². The maximum Gasteiger partial charge on any atom is 0.253 e. The van der Waals surface area contributed by atoms with E-state index < -0.39 is 5.41 Å². The Morgan fingerprint density at radius 3 is 2.15 bits per heavy atom. The van der Waals surface area contributed by atoms with Crippen molar-refractivity contribution in [1.82, 2.24) is 4.90 Å². The minimum Gasteiger partial charge on any atom is -0.303 e. The number of amides is 2. The summed E-state index contributed by atoms with van der Waals surface area (Å²) in [6.07, 6.45) is 3.16. The molecule has 0 radical (unpaired) electrons. The van der Waals surface area contributed by atoms with Crippen LogP contribution in [0.1, 0.15) is 13.8 Å². The lowest BCUT2D eigenvalue weighted by atomic mass is 9.95. The van der Waals surface area contributed by atoms with Crippen molar-refractivity contribution in [2.45, 2.75) is 13.8 Å². The average Bonchev–Trinajstić information content (AvgIpc) is 2.36. The van der Waals surface area contributed by atoms with E-state index in [0.717, 1.165) is 11.2 Å². The van der Waals surface area contributed by atoms with Gasteiger partial charge < -0.3 is 4.79 Å². The van der Waals surface area contributed by atoms with Gasteiger partial charge in [0.1, 0.15) is 6.29 Å². The van der Waals surface area contributed by atoms with Gasteiger partial charge in [0.15, 0.2) is 0 Å². The molecule has 1 aliphatic rings. The van der Waals surface area contributed by atoms with E-state index in [1.54, 1.807) is 13.8 Å². The molecule has 0 aromatic carbocycles. The first-order valence-corrected chi connectivity index (χ1v) is 3.96. The fraction of sp³-hybridized carbons (Fsp3) is 0.444. The minimum absolute atomic E-state index is 0.140. The van der Waals surface area contributed by atoms with Gasteiger partial charge in [0.05, 0.1) is 0 Å². The van der Waals surface area contributed by atoms with E-state index in [2.05, 4.69) is 0 Å². The molecule has 0 bridgehead atoms. The number of hydrogen-bond acceptors (Lipinski definition) is 3. The Hall–Kier alpha value is -1.45. The summed E-state index contributed by atoms with van der Waals surface area (Å²) in [6, 6.07) is 0. The van der Waals surface area contributed by atoms with Gasteiger partial charge in [-0.25, -0.2) is 0 Å². The van der Waals surface area contributed by atoms with Gasteiger partial charge in [-0.3, -0.25) is 14.5 Å². The van der Waals surface area contributed by atoms with Crippen LogP contribution in [-0.2, 0) is 14.4 Å². The summed E-state index contributed by atoms with van der Waals surface area (Å²) in [5, 5.41) is 0. The Labute approximate surface area is 76.2 Å². The van der Waals surface area contributed by atoms with Crippen molar-refractivity contribution in [3.63, 3.8) is 0 Å². The van der Waals surface area contributed by atoms with Gasteiger partial charge in [-0.1, -0.05) is 13.8 Å². The minimum atomic E-state index is -0.669. The molecule has 1 aliphatic heterocycles. The Bertz CT molecular complexity index is 273. The van der Waals surface area contributed by atoms with Crippen LogP contribution in [0.3, 0.4) is 0 Å². The molecule has 1 rings (SSSR count). The highest BCUT2D eigenvalue weighted by molar-refractivity contribution is 6.13. The molecular weight excluding hydrogens is 170 g/mol. The van der Waals surface area contributed by atoms with Gasteiger partial charge in [0.25, 0.3) is 11.8 Å². The van der Waals surface area contributed by atoms with Gasteiger partial charge >= 0.3 is 0 Å². The molecule has 4 heteroatoms. The number of carbonyl (C=O) groups is 3. The third-order valence-electron chi connectivity index (χ3n) is 1.79. The van der Waals surface area contributed by atoms with Crippen molar-refractivity contribution < 1.29 is 14.4 Å². The molecule has 1 heterocycles. The number of aldehydes is 1. The van der Waals surface area contributed by atoms with Crippen LogP contribution in [0.25, 0.3) is 0 Å². The first-order valence-electron chi connectivity index (χ1n) is 3.96. The predicted molar refractivity (Wildman–Crippen MR) is 45.7 cm³/mol. The molecule has 0 saturated carbocycles. The highest BCUT2D eigenvalue weighted by atomic mass is 16.2. The standard InChI is InChI=1S/C9H11NO3/c1-9(2,6-11)5-10-7(12)3-4-8(10)13/h3-4,6H,5H2,1-2H3. The monoisotopic (exact) mass is 181 g/mol. The van der Waals surface area contributed by atoms with E-state index in [-0.39, 0.29) is 18.4 Å². The van der Waals surface area contributed by atoms with Crippen LogP contribution in [0.4, 0.5) is 0 Å². The average molecular weight is 181 g/mol. The molecule has 2 amide bonds. The molecular formula is C9H11NO3. The maximum atomic E-state index is 11.1. The van der Waals surface area contributed by atoms with Crippen molar-refractivity contribution in [2.75, 3.05) is 6.54 Å². The molecule has 0 spiro atoms. The smallest absolute Gasteiger partial charge is 0.253 e. The molecule has 13 heavy (non-hydrogen) atoms. The summed E-state index contributed by atoms with van der Waals surface area (Å²) in [7, 11) is 0. The van der Waals surface area contributed by atoms with E-state index >= 15 is 0 Å². The number of imide groups is 1. The Balaban J connectivity index is 2.70. The van der Waals surface area contributed by atoms with Crippen molar-refractivity contribution in [3.8, 4) is 0 Å². The number of rotatable bonds is 3. The van der Waals surface area contributed by atoms with Crippen molar-refractivity contribution >= 4 is 18.1 Å². The molecule has 70 valence electrons. The third-order valence-corrected chi connectivity index (χ3v) is 1.79. The molecule has 4 nitrogen and oxygen atoms in total.